The van der Waals surface area contributed by atoms with Gasteiger partial charge in [-0.3, -0.25) is 4.79 Å². The monoisotopic (exact) mass is 413 g/mol. The number of thiophene rings is 1. The molecule has 0 atom stereocenters. The predicted octanol–water partition coefficient (Wildman–Crippen LogP) is 3.61. The van der Waals surface area contributed by atoms with E-state index in [1.54, 1.807) is 11.3 Å². The van der Waals surface area contributed by atoms with Crippen molar-refractivity contribution in [3.63, 3.8) is 0 Å². The molecular weight excluding hydrogens is 394 g/mol. The quantitative estimate of drug-likeness (QED) is 0.657. The Bertz CT molecular complexity index is 979. The summed E-state index contributed by atoms with van der Waals surface area (Å²) in [6, 6.07) is 9.87. The molecule has 4 heterocycles. The fraction of sp³-hybridized carbons (Fsp3) is 0.300. The van der Waals surface area contributed by atoms with E-state index >= 15 is 0 Å². The molecular formula is C20H19N3O3S2. The van der Waals surface area contributed by atoms with Gasteiger partial charge >= 0.3 is 0 Å². The van der Waals surface area contributed by atoms with E-state index in [0.717, 1.165) is 58.1 Å². The lowest BCUT2D eigenvalue weighted by Gasteiger charge is -2.34. The molecule has 6 nitrogen and oxygen atoms in total. The lowest BCUT2D eigenvalue weighted by molar-refractivity contribution is 0.0751. The van der Waals surface area contributed by atoms with Crippen LogP contribution in [-0.4, -0.2) is 55.2 Å². The number of aromatic nitrogens is 1. The highest BCUT2D eigenvalue weighted by Crippen LogP contribution is 2.37. The first kappa shape index (κ1) is 17.5. The van der Waals surface area contributed by atoms with E-state index in [2.05, 4.69) is 9.88 Å². The number of carbonyl (C=O) groups is 1. The molecule has 0 saturated carbocycles. The zero-order valence-corrected chi connectivity index (χ0v) is 16.8. The van der Waals surface area contributed by atoms with Crippen LogP contribution >= 0.6 is 22.7 Å². The highest BCUT2D eigenvalue weighted by atomic mass is 32.1. The number of hydrogen-bond donors (Lipinski definition) is 0. The molecule has 0 radical (unpaired) electrons. The molecule has 1 fully saturated rings. The molecule has 1 saturated heterocycles. The van der Waals surface area contributed by atoms with Gasteiger partial charge in [0.15, 0.2) is 16.6 Å². The van der Waals surface area contributed by atoms with Gasteiger partial charge in [-0.15, -0.1) is 22.7 Å². The highest BCUT2D eigenvalue weighted by molar-refractivity contribution is 7.17. The minimum Gasteiger partial charge on any atom is -0.486 e. The fourth-order valence-electron chi connectivity index (χ4n) is 3.43. The molecule has 1 amide bonds. The van der Waals surface area contributed by atoms with Gasteiger partial charge in [-0.1, -0.05) is 0 Å². The van der Waals surface area contributed by atoms with Crippen LogP contribution < -0.4 is 14.4 Å². The van der Waals surface area contributed by atoms with Crippen molar-refractivity contribution < 1.29 is 14.3 Å². The summed E-state index contributed by atoms with van der Waals surface area (Å²) in [6.45, 7) is 4.22. The Hall–Kier alpha value is -2.58. The minimum absolute atomic E-state index is 0.104. The van der Waals surface area contributed by atoms with Crippen molar-refractivity contribution in [2.24, 2.45) is 0 Å². The first-order valence-electron chi connectivity index (χ1n) is 9.21. The van der Waals surface area contributed by atoms with Crippen LogP contribution in [0.2, 0.25) is 0 Å². The number of benzene rings is 1. The van der Waals surface area contributed by atoms with E-state index in [1.807, 2.05) is 46.8 Å². The highest BCUT2D eigenvalue weighted by Gasteiger charge is 2.24. The van der Waals surface area contributed by atoms with Crippen molar-refractivity contribution in [3.8, 4) is 21.9 Å². The maximum Gasteiger partial charge on any atom is 0.264 e. The van der Waals surface area contributed by atoms with Crippen LogP contribution in [0.15, 0.2) is 41.9 Å². The largest absolute Gasteiger partial charge is 0.486 e. The van der Waals surface area contributed by atoms with Gasteiger partial charge in [0.1, 0.15) is 13.2 Å². The van der Waals surface area contributed by atoms with Crippen molar-refractivity contribution in [2.45, 2.75) is 0 Å². The van der Waals surface area contributed by atoms with Gasteiger partial charge in [-0.05, 0) is 35.9 Å². The fourth-order valence-corrected chi connectivity index (χ4v) is 5.10. The van der Waals surface area contributed by atoms with Gasteiger partial charge < -0.3 is 19.3 Å². The number of rotatable bonds is 3. The zero-order chi connectivity index (χ0) is 18.9. The average Bonchev–Trinajstić information content (AvgIpc) is 3.45. The summed E-state index contributed by atoms with van der Waals surface area (Å²) in [4.78, 5) is 23.3. The minimum atomic E-state index is 0.104. The number of carbonyl (C=O) groups excluding carboxylic acids is 1. The van der Waals surface area contributed by atoms with Crippen LogP contribution in [0.25, 0.3) is 10.4 Å². The van der Waals surface area contributed by atoms with E-state index < -0.39 is 0 Å². The van der Waals surface area contributed by atoms with E-state index in [9.17, 15) is 4.79 Å². The summed E-state index contributed by atoms with van der Waals surface area (Å²) in [5.74, 6) is 1.65. The number of anilines is 1. The van der Waals surface area contributed by atoms with Crippen molar-refractivity contribution in [1.82, 2.24) is 9.88 Å². The maximum absolute atomic E-state index is 12.9. The summed E-state index contributed by atoms with van der Waals surface area (Å²) in [6.07, 6.45) is 1.82. The second kappa shape index (κ2) is 7.44. The number of hydrogen-bond acceptors (Lipinski definition) is 7. The molecule has 0 aliphatic carbocycles. The smallest absolute Gasteiger partial charge is 0.264 e. The van der Waals surface area contributed by atoms with Crippen LogP contribution in [0.1, 0.15) is 9.67 Å². The van der Waals surface area contributed by atoms with E-state index in [4.69, 9.17) is 9.47 Å². The van der Waals surface area contributed by atoms with E-state index in [-0.39, 0.29) is 5.91 Å². The molecule has 144 valence electrons. The molecule has 1 aromatic carbocycles. The van der Waals surface area contributed by atoms with Gasteiger partial charge in [-0.2, -0.15) is 0 Å². The first-order valence-corrected chi connectivity index (χ1v) is 10.9. The van der Waals surface area contributed by atoms with Crippen LogP contribution in [0.4, 0.5) is 5.13 Å². The molecule has 2 aromatic heterocycles. The predicted molar refractivity (Wildman–Crippen MR) is 111 cm³/mol. The van der Waals surface area contributed by atoms with Crippen molar-refractivity contribution in [2.75, 3.05) is 44.3 Å². The third-order valence-electron chi connectivity index (χ3n) is 4.90. The topological polar surface area (TPSA) is 54.9 Å². The summed E-state index contributed by atoms with van der Waals surface area (Å²) >= 11 is 3.17. The molecule has 28 heavy (non-hydrogen) atoms. The van der Waals surface area contributed by atoms with E-state index in [0.29, 0.717) is 13.2 Å². The second-order valence-corrected chi connectivity index (χ2v) is 8.57. The van der Waals surface area contributed by atoms with Crippen molar-refractivity contribution in [3.05, 3.63) is 46.8 Å². The Kier molecular flexibility index (Phi) is 4.66. The molecule has 0 spiro atoms. The average molecular weight is 414 g/mol. The maximum atomic E-state index is 12.9. The Labute approximate surface area is 170 Å². The molecule has 0 N–H and O–H groups in total. The number of fused-ring (bicyclic) bond motifs is 1. The van der Waals surface area contributed by atoms with Crippen LogP contribution in [0, 0.1) is 0 Å². The lowest BCUT2D eigenvalue weighted by Crippen LogP contribution is -2.48. The number of thiazole rings is 1. The second-order valence-electron chi connectivity index (χ2n) is 6.62. The third kappa shape index (κ3) is 3.33. The van der Waals surface area contributed by atoms with Crippen molar-refractivity contribution >= 4 is 33.7 Å². The molecule has 0 bridgehead atoms. The Balaban J connectivity index is 1.28. The Morgan fingerprint density at radius 1 is 1.00 bits per heavy atom. The molecule has 8 heteroatoms. The van der Waals surface area contributed by atoms with Gasteiger partial charge in [0.25, 0.3) is 5.91 Å². The Morgan fingerprint density at radius 2 is 1.82 bits per heavy atom. The summed E-state index contributed by atoms with van der Waals surface area (Å²) in [5.41, 5.74) is 1.04. The van der Waals surface area contributed by atoms with Crippen LogP contribution in [0.5, 0.6) is 11.5 Å². The molecule has 2 aliphatic rings. The van der Waals surface area contributed by atoms with E-state index in [1.165, 1.54) is 11.3 Å². The SMILES string of the molecule is O=C(c1ccc(-c2ccc3c(c2)OCCO3)s1)N1CCN(c2nccs2)CC1. The number of piperazine rings is 1. The number of ether oxygens (including phenoxy) is 2. The van der Waals surface area contributed by atoms with Crippen LogP contribution in [0.3, 0.4) is 0 Å². The molecule has 0 unspecified atom stereocenters. The van der Waals surface area contributed by atoms with Gasteiger partial charge in [0.2, 0.25) is 0 Å². The van der Waals surface area contributed by atoms with Gasteiger partial charge in [0.05, 0.1) is 4.88 Å². The summed E-state index contributed by atoms with van der Waals surface area (Å²) in [5, 5.41) is 3.02. The van der Waals surface area contributed by atoms with Gasteiger partial charge in [-0.25, -0.2) is 4.98 Å². The normalized spacial score (nSPS) is 16.3. The number of amides is 1. The summed E-state index contributed by atoms with van der Waals surface area (Å²) < 4.78 is 11.3. The van der Waals surface area contributed by atoms with Crippen LogP contribution in [-0.2, 0) is 0 Å². The first-order chi connectivity index (χ1) is 13.8. The standard InChI is InChI=1S/C20H19N3O3S2/c24-19(22-6-8-23(9-7-22)20-21-5-12-27-20)18-4-3-17(28-18)14-1-2-15-16(13-14)26-11-10-25-15/h1-5,12-13H,6-11H2. The van der Waals surface area contributed by atoms with Gasteiger partial charge in [0, 0.05) is 42.6 Å². The molecule has 2 aliphatic heterocycles. The third-order valence-corrected chi connectivity index (χ3v) is 6.85. The lowest BCUT2D eigenvalue weighted by atomic mass is 10.1. The van der Waals surface area contributed by atoms with Crippen molar-refractivity contribution in [1.29, 1.82) is 0 Å². The number of nitrogens with zero attached hydrogens (tertiary/aromatic N) is 3. The summed E-state index contributed by atoms with van der Waals surface area (Å²) in [7, 11) is 0. The zero-order valence-electron chi connectivity index (χ0n) is 15.2. The Morgan fingerprint density at radius 3 is 2.61 bits per heavy atom. The molecule has 5 rings (SSSR count). The molecule has 3 aromatic rings.